The Morgan fingerprint density at radius 3 is 2.50 bits per heavy atom. The fourth-order valence-corrected chi connectivity index (χ4v) is 8.30. The number of rotatable bonds is 3. The van der Waals surface area contributed by atoms with Gasteiger partial charge < -0.3 is 14.7 Å². The molecule has 202 valence electrons. The third kappa shape index (κ3) is 5.64. The summed E-state index contributed by atoms with van der Waals surface area (Å²) in [4.78, 5) is 28.4. The van der Waals surface area contributed by atoms with E-state index in [-0.39, 0.29) is 46.5 Å². The Kier molecular flexibility index (Phi) is 8.14. The fourth-order valence-electron chi connectivity index (χ4n) is 6.43. The lowest BCUT2D eigenvalue weighted by Crippen LogP contribution is -2.60. The van der Waals surface area contributed by atoms with Crippen LogP contribution in [0.2, 0.25) is 0 Å². The Balaban J connectivity index is 1.56. The van der Waals surface area contributed by atoms with Gasteiger partial charge in [-0.3, -0.25) is 9.59 Å². The molecule has 3 fully saturated rings. The second-order valence-corrected chi connectivity index (χ2v) is 13.5. The minimum atomic E-state index is -3.74. The molecule has 1 N–H and O–H groups in total. The van der Waals surface area contributed by atoms with Crippen molar-refractivity contribution in [2.75, 3.05) is 19.6 Å². The molecule has 0 radical (unpaired) electrons. The van der Waals surface area contributed by atoms with Crippen molar-refractivity contribution in [1.82, 2.24) is 19.7 Å². The standard InChI is InChI=1S/C26H42N4O5S/c1-16(2)22-10-9-17(3)11-25(32)30-14-20-12-21(23(30)7-6-8-24(31)27-22)15-29(13-20)36(33,34)26-18(4)28-35-19(26)5/h16-17,20-23H,6-15H2,1-5H3,(H,27,31)/t17-,20+,21+,22+,23+/m1/s1. The molecule has 0 unspecified atom stereocenters. The Labute approximate surface area is 215 Å². The lowest BCUT2D eigenvalue weighted by atomic mass is 9.78. The lowest BCUT2D eigenvalue weighted by Gasteiger charge is -2.50. The highest BCUT2D eigenvalue weighted by Crippen LogP contribution is 2.39. The van der Waals surface area contributed by atoms with Gasteiger partial charge in [0, 0.05) is 44.6 Å². The minimum Gasteiger partial charge on any atom is -0.360 e. The van der Waals surface area contributed by atoms with E-state index < -0.39 is 10.0 Å². The van der Waals surface area contributed by atoms with Crippen LogP contribution >= 0.6 is 0 Å². The monoisotopic (exact) mass is 522 g/mol. The van der Waals surface area contributed by atoms with Crippen molar-refractivity contribution < 1.29 is 22.5 Å². The molecule has 1 aromatic rings. The summed E-state index contributed by atoms with van der Waals surface area (Å²) in [6.07, 6.45) is 4.98. The number of amides is 2. The number of sulfonamides is 1. The third-order valence-electron chi connectivity index (χ3n) is 8.37. The zero-order chi connectivity index (χ0) is 26.2. The lowest BCUT2D eigenvalue weighted by molar-refractivity contribution is -0.141. The van der Waals surface area contributed by atoms with E-state index in [1.807, 2.05) is 4.90 Å². The van der Waals surface area contributed by atoms with Gasteiger partial charge in [-0.25, -0.2) is 8.42 Å². The molecule has 3 aliphatic heterocycles. The fraction of sp³-hybridized carbons (Fsp3) is 0.808. The number of aryl methyl sites for hydroxylation is 2. The zero-order valence-electron chi connectivity index (χ0n) is 22.3. The number of piperidine rings is 2. The van der Waals surface area contributed by atoms with E-state index in [4.69, 9.17) is 4.52 Å². The Morgan fingerprint density at radius 1 is 1.08 bits per heavy atom. The maximum Gasteiger partial charge on any atom is 0.248 e. The van der Waals surface area contributed by atoms with Crippen molar-refractivity contribution >= 4 is 21.8 Å². The summed E-state index contributed by atoms with van der Waals surface area (Å²) in [6.45, 7) is 11.0. The molecule has 4 heterocycles. The first-order valence-corrected chi connectivity index (χ1v) is 14.9. The van der Waals surface area contributed by atoms with E-state index in [0.717, 1.165) is 19.3 Å². The van der Waals surface area contributed by atoms with Crippen LogP contribution in [0, 0.1) is 37.5 Å². The first kappa shape index (κ1) is 27.1. The molecule has 0 spiro atoms. The molecule has 1 aromatic heterocycles. The second-order valence-electron chi connectivity index (χ2n) is 11.6. The number of carbonyl (C=O) groups is 2. The molecule has 2 bridgehead atoms. The van der Waals surface area contributed by atoms with Gasteiger partial charge in [-0.2, -0.15) is 4.31 Å². The van der Waals surface area contributed by atoms with Gasteiger partial charge in [0.2, 0.25) is 21.8 Å². The van der Waals surface area contributed by atoms with Gasteiger partial charge in [0.25, 0.3) is 0 Å². The summed E-state index contributed by atoms with van der Waals surface area (Å²) in [7, 11) is -3.74. The van der Waals surface area contributed by atoms with Crippen LogP contribution in [0.3, 0.4) is 0 Å². The minimum absolute atomic E-state index is 0.0450. The van der Waals surface area contributed by atoms with Crippen molar-refractivity contribution in [2.24, 2.45) is 23.7 Å². The molecule has 9 nitrogen and oxygen atoms in total. The van der Waals surface area contributed by atoms with Gasteiger partial charge in [-0.15, -0.1) is 0 Å². The third-order valence-corrected chi connectivity index (χ3v) is 10.4. The number of nitrogens with one attached hydrogen (secondary N) is 1. The first-order chi connectivity index (χ1) is 17.0. The molecule has 10 heteroatoms. The van der Waals surface area contributed by atoms with Crippen LogP contribution in [0.25, 0.3) is 0 Å². The molecule has 5 atom stereocenters. The highest BCUT2D eigenvalue weighted by molar-refractivity contribution is 7.89. The van der Waals surface area contributed by atoms with E-state index in [1.165, 1.54) is 0 Å². The molecule has 4 rings (SSSR count). The molecule has 0 aromatic carbocycles. The van der Waals surface area contributed by atoms with Gasteiger partial charge in [0.15, 0.2) is 5.76 Å². The highest BCUT2D eigenvalue weighted by atomic mass is 32.2. The predicted molar refractivity (Wildman–Crippen MR) is 135 cm³/mol. The summed E-state index contributed by atoms with van der Waals surface area (Å²) >= 11 is 0. The van der Waals surface area contributed by atoms with Gasteiger partial charge in [0.1, 0.15) is 10.6 Å². The maximum atomic E-state index is 13.6. The van der Waals surface area contributed by atoms with Gasteiger partial charge in [0.05, 0.1) is 0 Å². The average Bonchev–Trinajstić information content (AvgIpc) is 3.15. The smallest absolute Gasteiger partial charge is 0.248 e. The molecule has 0 aliphatic carbocycles. The number of fused-ring (bicyclic) bond motifs is 4. The number of hydrogen-bond acceptors (Lipinski definition) is 6. The molecule has 0 saturated carbocycles. The SMILES string of the molecule is Cc1noc(C)c1S(=O)(=O)N1C[C@@H]2C[C@@H](C1)[C@@H]1CCCC(=O)N[C@H](C(C)C)CC[C@@H](C)CC(=O)N1C2. The quantitative estimate of drug-likeness (QED) is 0.652. The second kappa shape index (κ2) is 10.8. The summed E-state index contributed by atoms with van der Waals surface area (Å²) < 4.78 is 33.8. The largest absolute Gasteiger partial charge is 0.360 e. The van der Waals surface area contributed by atoms with Gasteiger partial charge in [-0.05, 0) is 69.6 Å². The van der Waals surface area contributed by atoms with Gasteiger partial charge >= 0.3 is 0 Å². The molecule has 36 heavy (non-hydrogen) atoms. The van der Waals surface area contributed by atoms with Crippen LogP contribution in [0.5, 0.6) is 0 Å². The summed E-state index contributed by atoms with van der Waals surface area (Å²) in [6, 6.07) is 0.0683. The molecular weight excluding hydrogens is 480 g/mol. The van der Waals surface area contributed by atoms with E-state index in [9.17, 15) is 18.0 Å². The van der Waals surface area contributed by atoms with E-state index in [2.05, 4.69) is 31.2 Å². The summed E-state index contributed by atoms with van der Waals surface area (Å²) in [5, 5.41) is 7.07. The first-order valence-electron chi connectivity index (χ1n) is 13.5. The Morgan fingerprint density at radius 2 is 1.83 bits per heavy atom. The van der Waals surface area contributed by atoms with Crippen LogP contribution in [-0.4, -0.2) is 66.3 Å². The number of nitrogens with zero attached hydrogens (tertiary/aromatic N) is 3. The van der Waals surface area contributed by atoms with Crippen LogP contribution in [0.4, 0.5) is 0 Å². The molecule has 2 amide bonds. The molecule has 3 aliphatic rings. The van der Waals surface area contributed by atoms with Crippen molar-refractivity contribution in [1.29, 1.82) is 0 Å². The topological polar surface area (TPSA) is 113 Å². The maximum absolute atomic E-state index is 13.6. The summed E-state index contributed by atoms with van der Waals surface area (Å²) in [5.41, 5.74) is 0.377. The number of hydrogen-bond donors (Lipinski definition) is 1. The van der Waals surface area contributed by atoms with Crippen molar-refractivity contribution in [3.05, 3.63) is 11.5 Å². The predicted octanol–water partition coefficient (Wildman–Crippen LogP) is 3.26. The Bertz CT molecular complexity index is 1050. The van der Waals surface area contributed by atoms with Crippen molar-refractivity contribution in [2.45, 2.75) is 96.5 Å². The van der Waals surface area contributed by atoms with Crippen molar-refractivity contribution in [3.8, 4) is 0 Å². The molecule has 3 saturated heterocycles. The van der Waals surface area contributed by atoms with Crippen LogP contribution in [0.1, 0.15) is 77.2 Å². The molecular formula is C26H42N4O5S. The average molecular weight is 523 g/mol. The highest BCUT2D eigenvalue weighted by Gasteiger charge is 2.46. The van der Waals surface area contributed by atoms with E-state index in [0.29, 0.717) is 62.7 Å². The van der Waals surface area contributed by atoms with Crippen molar-refractivity contribution in [3.63, 3.8) is 0 Å². The summed E-state index contributed by atoms with van der Waals surface area (Å²) in [5.74, 6) is 1.26. The van der Waals surface area contributed by atoms with E-state index in [1.54, 1.807) is 18.2 Å². The van der Waals surface area contributed by atoms with E-state index >= 15 is 0 Å². The van der Waals surface area contributed by atoms with Gasteiger partial charge in [-0.1, -0.05) is 25.9 Å². The number of aromatic nitrogens is 1. The van der Waals surface area contributed by atoms with Crippen LogP contribution < -0.4 is 5.32 Å². The zero-order valence-corrected chi connectivity index (χ0v) is 23.1. The van der Waals surface area contributed by atoms with Crippen LogP contribution in [-0.2, 0) is 19.6 Å². The normalized spacial score (nSPS) is 31.3. The Hall–Kier alpha value is -1.94. The number of carbonyl (C=O) groups excluding carboxylic acids is 2. The van der Waals surface area contributed by atoms with Crippen LogP contribution in [0.15, 0.2) is 9.42 Å².